The lowest BCUT2D eigenvalue weighted by Gasteiger charge is -2.12. The van der Waals surface area contributed by atoms with Gasteiger partial charge in [-0.1, -0.05) is 0 Å². The Hall–Kier alpha value is -2.71. The van der Waals surface area contributed by atoms with Crippen molar-refractivity contribution in [3.05, 3.63) is 53.7 Å². The van der Waals surface area contributed by atoms with Crippen molar-refractivity contribution < 1.29 is 31.5 Å². The van der Waals surface area contributed by atoms with Crippen LogP contribution >= 0.6 is 0 Å². The van der Waals surface area contributed by atoms with Gasteiger partial charge in [0, 0.05) is 12.3 Å². The van der Waals surface area contributed by atoms with Crippen molar-refractivity contribution in [1.82, 2.24) is 4.98 Å². The first-order chi connectivity index (χ1) is 10.8. The zero-order valence-electron chi connectivity index (χ0n) is 11.3. The molecule has 0 fully saturated rings. The molecule has 0 atom stereocenters. The summed E-state index contributed by atoms with van der Waals surface area (Å²) in [6, 6.07) is 4.92. The number of carbonyl (C=O) groups excluding carboxylic acids is 1. The van der Waals surface area contributed by atoms with Gasteiger partial charge in [0.25, 0.3) is 5.91 Å². The number of hydrogen-bond donors (Lipinski definition) is 1. The van der Waals surface area contributed by atoms with Gasteiger partial charge in [0.05, 0.1) is 5.69 Å². The number of ether oxygens (including phenoxy) is 1. The van der Waals surface area contributed by atoms with Gasteiger partial charge in [-0.25, -0.2) is 13.8 Å². The maximum Gasteiger partial charge on any atom is 0.422 e. The highest BCUT2D eigenvalue weighted by Crippen LogP contribution is 2.22. The molecule has 0 radical (unpaired) electrons. The number of carbonyl (C=O) groups is 1. The van der Waals surface area contributed by atoms with Crippen LogP contribution in [0.25, 0.3) is 0 Å². The molecule has 1 aromatic heterocycles. The molecule has 0 bridgehead atoms. The second kappa shape index (κ2) is 6.59. The molecule has 0 aliphatic heterocycles. The number of aromatic nitrogens is 1. The second-order valence-corrected chi connectivity index (χ2v) is 4.34. The summed E-state index contributed by atoms with van der Waals surface area (Å²) in [5, 5.41) is 2.11. The Morgan fingerprint density at radius 1 is 1.22 bits per heavy atom. The summed E-state index contributed by atoms with van der Waals surface area (Å²) in [6.07, 6.45) is -3.46. The number of alkyl halides is 3. The lowest BCUT2D eigenvalue weighted by atomic mass is 10.2. The number of nitrogens with one attached hydrogen (secondary N) is 1. The zero-order chi connectivity index (χ0) is 17.0. The summed E-state index contributed by atoms with van der Waals surface area (Å²) in [7, 11) is 0. The molecule has 2 aromatic rings. The Labute approximate surface area is 126 Å². The molecule has 9 heteroatoms. The average molecular weight is 332 g/mol. The molecule has 0 saturated carbocycles. The number of anilines is 1. The van der Waals surface area contributed by atoms with Gasteiger partial charge in [0.15, 0.2) is 6.61 Å². The van der Waals surface area contributed by atoms with Crippen LogP contribution in [0.4, 0.5) is 27.6 Å². The molecule has 1 aromatic carbocycles. The number of amides is 1. The molecule has 1 amide bonds. The van der Waals surface area contributed by atoms with Crippen molar-refractivity contribution in [2.75, 3.05) is 11.9 Å². The smallest absolute Gasteiger partial charge is 0.422 e. The summed E-state index contributed by atoms with van der Waals surface area (Å²) in [6.45, 7) is -1.63. The quantitative estimate of drug-likeness (QED) is 0.871. The van der Waals surface area contributed by atoms with Crippen LogP contribution in [0.2, 0.25) is 0 Å². The van der Waals surface area contributed by atoms with E-state index in [-0.39, 0.29) is 11.3 Å². The standard InChI is InChI=1S/C14H9F5N2O2/c15-8-3-4-11(10(16)6-8)21-12(22)9-2-1-5-20-13(9)23-7-14(17,18)19/h1-6H,7H2,(H,21,22). The number of halogens is 5. The molecule has 4 nitrogen and oxygen atoms in total. The monoisotopic (exact) mass is 332 g/mol. The Bertz CT molecular complexity index is 719. The maximum absolute atomic E-state index is 13.5. The van der Waals surface area contributed by atoms with Gasteiger partial charge in [0.1, 0.15) is 17.2 Å². The fourth-order valence-electron chi connectivity index (χ4n) is 1.61. The van der Waals surface area contributed by atoms with E-state index in [1.54, 1.807) is 0 Å². The summed E-state index contributed by atoms with van der Waals surface area (Å²) in [5.74, 6) is -3.36. The molecular weight excluding hydrogens is 323 g/mol. The van der Waals surface area contributed by atoms with Crippen LogP contribution in [-0.2, 0) is 0 Å². The van der Waals surface area contributed by atoms with E-state index in [2.05, 4.69) is 15.0 Å². The molecular formula is C14H9F5N2O2. The van der Waals surface area contributed by atoms with Gasteiger partial charge in [-0.05, 0) is 24.3 Å². The highest BCUT2D eigenvalue weighted by atomic mass is 19.4. The zero-order valence-corrected chi connectivity index (χ0v) is 11.3. The van der Waals surface area contributed by atoms with Crippen molar-refractivity contribution in [3.8, 4) is 5.88 Å². The number of pyridine rings is 1. The molecule has 0 spiro atoms. The average Bonchev–Trinajstić information content (AvgIpc) is 2.47. The van der Waals surface area contributed by atoms with Gasteiger partial charge < -0.3 is 10.1 Å². The third kappa shape index (κ3) is 4.63. The minimum absolute atomic E-state index is 0.319. The van der Waals surface area contributed by atoms with Crippen LogP contribution in [0.3, 0.4) is 0 Å². The van der Waals surface area contributed by atoms with Gasteiger partial charge in [0.2, 0.25) is 5.88 Å². The van der Waals surface area contributed by atoms with E-state index in [4.69, 9.17) is 0 Å². The lowest BCUT2D eigenvalue weighted by molar-refractivity contribution is -0.154. The van der Waals surface area contributed by atoms with E-state index >= 15 is 0 Å². The first-order valence-corrected chi connectivity index (χ1v) is 6.17. The Morgan fingerprint density at radius 3 is 2.61 bits per heavy atom. The third-order valence-corrected chi connectivity index (χ3v) is 2.57. The van der Waals surface area contributed by atoms with Gasteiger partial charge in [-0.3, -0.25) is 4.79 Å². The van der Waals surface area contributed by atoms with Crippen LogP contribution in [0.15, 0.2) is 36.5 Å². The van der Waals surface area contributed by atoms with Crippen molar-refractivity contribution in [2.45, 2.75) is 6.18 Å². The molecule has 0 aliphatic rings. The Kier molecular flexibility index (Phi) is 4.77. The van der Waals surface area contributed by atoms with Gasteiger partial charge in [-0.2, -0.15) is 13.2 Å². The summed E-state index contributed by atoms with van der Waals surface area (Å²) >= 11 is 0. The maximum atomic E-state index is 13.5. The van der Waals surface area contributed by atoms with E-state index in [1.807, 2.05) is 0 Å². The fourth-order valence-corrected chi connectivity index (χ4v) is 1.61. The topological polar surface area (TPSA) is 51.2 Å². The van der Waals surface area contributed by atoms with Crippen molar-refractivity contribution in [2.24, 2.45) is 0 Å². The minimum Gasteiger partial charge on any atom is -0.467 e. The molecule has 0 saturated heterocycles. The first kappa shape index (κ1) is 16.7. The SMILES string of the molecule is O=C(Nc1ccc(F)cc1F)c1cccnc1OCC(F)(F)F. The lowest BCUT2D eigenvalue weighted by Crippen LogP contribution is -2.22. The molecule has 23 heavy (non-hydrogen) atoms. The van der Waals surface area contributed by atoms with Gasteiger partial charge >= 0.3 is 6.18 Å². The molecule has 1 heterocycles. The first-order valence-electron chi connectivity index (χ1n) is 6.17. The minimum atomic E-state index is -4.60. The van der Waals surface area contributed by atoms with E-state index in [9.17, 15) is 26.7 Å². The van der Waals surface area contributed by atoms with Crippen LogP contribution < -0.4 is 10.1 Å². The molecule has 122 valence electrons. The summed E-state index contributed by atoms with van der Waals surface area (Å²) in [4.78, 5) is 15.6. The number of hydrogen-bond acceptors (Lipinski definition) is 3. The number of nitrogens with zero attached hydrogens (tertiary/aromatic N) is 1. The highest BCUT2D eigenvalue weighted by Gasteiger charge is 2.29. The molecule has 1 N–H and O–H groups in total. The molecule has 0 aliphatic carbocycles. The highest BCUT2D eigenvalue weighted by molar-refractivity contribution is 6.05. The summed E-state index contributed by atoms with van der Waals surface area (Å²) in [5.41, 5.74) is -0.650. The third-order valence-electron chi connectivity index (χ3n) is 2.57. The van der Waals surface area contributed by atoms with Crippen LogP contribution in [0, 0.1) is 11.6 Å². The van der Waals surface area contributed by atoms with Crippen molar-refractivity contribution >= 4 is 11.6 Å². The largest absolute Gasteiger partial charge is 0.467 e. The van der Waals surface area contributed by atoms with E-state index in [0.717, 1.165) is 24.4 Å². The van der Waals surface area contributed by atoms with E-state index in [0.29, 0.717) is 6.07 Å². The van der Waals surface area contributed by atoms with Gasteiger partial charge in [-0.15, -0.1) is 0 Å². The van der Waals surface area contributed by atoms with Crippen LogP contribution in [0.5, 0.6) is 5.88 Å². The molecule has 0 unspecified atom stereocenters. The van der Waals surface area contributed by atoms with Crippen molar-refractivity contribution in [1.29, 1.82) is 0 Å². The van der Waals surface area contributed by atoms with Crippen molar-refractivity contribution in [3.63, 3.8) is 0 Å². The van der Waals surface area contributed by atoms with Crippen LogP contribution in [0.1, 0.15) is 10.4 Å². The van der Waals surface area contributed by atoms with E-state index in [1.165, 1.54) is 6.07 Å². The molecule has 2 rings (SSSR count). The Morgan fingerprint density at radius 2 is 1.96 bits per heavy atom. The predicted molar refractivity (Wildman–Crippen MR) is 70.1 cm³/mol. The fraction of sp³-hybridized carbons (Fsp3) is 0.143. The normalized spacial score (nSPS) is 11.2. The Balaban J connectivity index is 2.19. The number of benzene rings is 1. The predicted octanol–water partition coefficient (Wildman–Crippen LogP) is 3.55. The van der Waals surface area contributed by atoms with E-state index < -0.39 is 36.2 Å². The number of rotatable bonds is 4. The second-order valence-electron chi connectivity index (χ2n) is 4.34. The van der Waals surface area contributed by atoms with Crippen LogP contribution in [-0.4, -0.2) is 23.7 Å². The summed E-state index contributed by atoms with van der Waals surface area (Å²) < 4.78 is 67.3.